The summed E-state index contributed by atoms with van der Waals surface area (Å²) in [4.78, 5) is 12.6. The van der Waals surface area contributed by atoms with E-state index in [1.54, 1.807) is 12.1 Å². The lowest BCUT2D eigenvalue weighted by Gasteiger charge is -2.19. The fourth-order valence-electron chi connectivity index (χ4n) is 1.64. The number of benzene rings is 2. The summed E-state index contributed by atoms with van der Waals surface area (Å²) < 4.78 is 0. The van der Waals surface area contributed by atoms with E-state index in [1.807, 2.05) is 48.5 Å². The number of hydrogen-bond donors (Lipinski definition) is 1. The topological polar surface area (TPSA) is 40.5 Å². The molecule has 1 N–H and O–H groups in total. The molecule has 0 aromatic heterocycles. The highest BCUT2D eigenvalue weighted by atomic mass is 35.5. The van der Waals surface area contributed by atoms with E-state index in [0.717, 1.165) is 5.56 Å². The van der Waals surface area contributed by atoms with Crippen LogP contribution in [0.3, 0.4) is 0 Å². The molecule has 1 amide bonds. The van der Waals surface area contributed by atoms with Crippen LogP contribution in [0.25, 0.3) is 0 Å². The van der Waals surface area contributed by atoms with E-state index >= 15 is 0 Å². The van der Waals surface area contributed by atoms with E-state index in [0.29, 0.717) is 12.2 Å². The Bertz CT molecular complexity index is 488. The maximum atomic E-state index is 11.2. The highest BCUT2D eigenvalue weighted by Gasteiger charge is 2.13. The molecule has 2 aromatic rings. The zero-order valence-electron chi connectivity index (χ0n) is 9.69. The van der Waals surface area contributed by atoms with Gasteiger partial charge in [-0.1, -0.05) is 48.5 Å². The van der Waals surface area contributed by atoms with Crippen LogP contribution in [0.4, 0.5) is 10.5 Å². The molecule has 0 fully saturated rings. The van der Waals surface area contributed by atoms with Crippen molar-refractivity contribution in [2.75, 3.05) is 4.90 Å². The number of carbonyl (C=O) groups is 1. The highest BCUT2D eigenvalue weighted by molar-refractivity contribution is 5.86. The maximum absolute atomic E-state index is 11.2. The predicted octanol–water partition coefficient (Wildman–Crippen LogP) is 3.79. The van der Waals surface area contributed by atoms with Crippen LogP contribution in [0.1, 0.15) is 5.56 Å². The Balaban J connectivity index is 0.00000162. The van der Waals surface area contributed by atoms with E-state index < -0.39 is 6.09 Å². The van der Waals surface area contributed by atoms with Crippen molar-refractivity contribution in [1.82, 2.24) is 0 Å². The second kappa shape index (κ2) is 6.67. The Labute approximate surface area is 112 Å². The van der Waals surface area contributed by atoms with Gasteiger partial charge in [0.05, 0.1) is 6.54 Å². The Morgan fingerprint density at radius 3 is 1.94 bits per heavy atom. The SMILES string of the molecule is Cl.O=C(O)N(Cc1ccccc1)c1ccccc1. The van der Waals surface area contributed by atoms with Crippen LogP contribution in [-0.4, -0.2) is 11.2 Å². The molecule has 3 nitrogen and oxygen atoms in total. The molecule has 0 saturated carbocycles. The molecule has 0 atom stereocenters. The molecule has 0 radical (unpaired) electrons. The summed E-state index contributed by atoms with van der Waals surface area (Å²) in [5.41, 5.74) is 1.66. The van der Waals surface area contributed by atoms with Crippen molar-refractivity contribution < 1.29 is 9.90 Å². The molecule has 0 heterocycles. The van der Waals surface area contributed by atoms with E-state index in [9.17, 15) is 9.90 Å². The minimum atomic E-state index is -0.944. The minimum absolute atomic E-state index is 0. The molecule has 0 aliphatic carbocycles. The van der Waals surface area contributed by atoms with E-state index in [1.165, 1.54) is 4.90 Å². The molecular formula is C14H14ClNO2. The smallest absolute Gasteiger partial charge is 0.412 e. The lowest BCUT2D eigenvalue weighted by Crippen LogP contribution is -2.28. The fraction of sp³-hybridized carbons (Fsp3) is 0.0714. The fourth-order valence-corrected chi connectivity index (χ4v) is 1.64. The summed E-state index contributed by atoms with van der Waals surface area (Å²) in [6, 6.07) is 18.7. The Morgan fingerprint density at radius 1 is 0.944 bits per heavy atom. The number of hydrogen-bond acceptors (Lipinski definition) is 1. The molecule has 0 unspecified atom stereocenters. The summed E-state index contributed by atoms with van der Waals surface area (Å²) in [6.07, 6.45) is -0.944. The van der Waals surface area contributed by atoms with E-state index in [-0.39, 0.29) is 12.4 Å². The minimum Gasteiger partial charge on any atom is -0.465 e. The van der Waals surface area contributed by atoms with Crippen molar-refractivity contribution in [2.45, 2.75) is 6.54 Å². The highest BCUT2D eigenvalue weighted by Crippen LogP contribution is 2.16. The van der Waals surface area contributed by atoms with Gasteiger partial charge in [0.15, 0.2) is 0 Å². The maximum Gasteiger partial charge on any atom is 0.412 e. The second-order valence-corrected chi connectivity index (χ2v) is 3.69. The van der Waals surface area contributed by atoms with Crippen LogP contribution in [0.5, 0.6) is 0 Å². The number of anilines is 1. The van der Waals surface area contributed by atoms with Crippen molar-refractivity contribution in [3.05, 3.63) is 66.2 Å². The van der Waals surface area contributed by atoms with Gasteiger partial charge in [0.1, 0.15) is 0 Å². The van der Waals surface area contributed by atoms with Crippen molar-refractivity contribution in [3.63, 3.8) is 0 Å². The quantitative estimate of drug-likeness (QED) is 0.915. The Morgan fingerprint density at radius 2 is 1.44 bits per heavy atom. The van der Waals surface area contributed by atoms with Gasteiger partial charge in [-0.2, -0.15) is 0 Å². The molecule has 0 bridgehead atoms. The number of para-hydroxylation sites is 1. The molecule has 0 aliphatic rings. The zero-order chi connectivity index (χ0) is 12.1. The predicted molar refractivity (Wildman–Crippen MR) is 74.3 cm³/mol. The molecule has 4 heteroatoms. The van der Waals surface area contributed by atoms with Crippen LogP contribution in [0.15, 0.2) is 60.7 Å². The molecule has 94 valence electrons. The van der Waals surface area contributed by atoms with E-state index in [4.69, 9.17) is 0 Å². The Kier molecular flexibility index (Phi) is 5.21. The van der Waals surface area contributed by atoms with E-state index in [2.05, 4.69) is 0 Å². The van der Waals surface area contributed by atoms with Crippen LogP contribution in [0, 0.1) is 0 Å². The zero-order valence-corrected chi connectivity index (χ0v) is 10.5. The van der Waals surface area contributed by atoms with Crippen LogP contribution >= 0.6 is 12.4 Å². The molecule has 0 aliphatic heterocycles. The van der Waals surface area contributed by atoms with Crippen LogP contribution in [-0.2, 0) is 6.54 Å². The summed E-state index contributed by atoms with van der Waals surface area (Å²) >= 11 is 0. The van der Waals surface area contributed by atoms with Gasteiger partial charge < -0.3 is 5.11 Å². The number of amides is 1. The summed E-state index contributed by atoms with van der Waals surface area (Å²) in [5.74, 6) is 0. The van der Waals surface area contributed by atoms with Crippen molar-refractivity contribution >= 4 is 24.2 Å². The summed E-state index contributed by atoms with van der Waals surface area (Å²) in [7, 11) is 0. The first-order valence-electron chi connectivity index (χ1n) is 5.37. The third-order valence-electron chi connectivity index (χ3n) is 2.48. The van der Waals surface area contributed by atoms with Gasteiger partial charge >= 0.3 is 6.09 Å². The third-order valence-corrected chi connectivity index (χ3v) is 2.48. The van der Waals surface area contributed by atoms with Crippen molar-refractivity contribution in [1.29, 1.82) is 0 Å². The van der Waals surface area contributed by atoms with Crippen LogP contribution in [0.2, 0.25) is 0 Å². The Hall–Kier alpha value is -2.00. The lowest BCUT2D eigenvalue weighted by atomic mass is 10.2. The average molecular weight is 264 g/mol. The average Bonchev–Trinajstić information content (AvgIpc) is 2.38. The van der Waals surface area contributed by atoms with Gasteiger partial charge in [-0.25, -0.2) is 4.79 Å². The molecule has 2 aromatic carbocycles. The number of rotatable bonds is 3. The van der Waals surface area contributed by atoms with Gasteiger partial charge in [0.2, 0.25) is 0 Å². The molecule has 2 rings (SSSR count). The van der Waals surface area contributed by atoms with Crippen molar-refractivity contribution in [3.8, 4) is 0 Å². The van der Waals surface area contributed by atoms with Gasteiger partial charge in [-0.05, 0) is 17.7 Å². The molecule has 0 saturated heterocycles. The first kappa shape index (κ1) is 14.1. The summed E-state index contributed by atoms with van der Waals surface area (Å²) in [6.45, 7) is 0.361. The summed E-state index contributed by atoms with van der Waals surface area (Å²) in [5, 5.41) is 9.21. The second-order valence-electron chi connectivity index (χ2n) is 3.69. The standard InChI is InChI=1S/C14H13NO2.ClH/c16-14(17)15(13-9-5-2-6-10-13)11-12-7-3-1-4-8-12;/h1-10H,11H2,(H,16,17);1H. The monoisotopic (exact) mass is 263 g/mol. The largest absolute Gasteiger partial charge is 0.465 e. The van der Waals surface area contributed by atoms with Gasteiger partial charge in [-0.15, -0.1) is 12.4 Å². The third kappa shape index (κ3) is 3.50. The van der Waals surface area contributed by atoms with Gasteiger partial charge in [0.25, 0.3) is 0 Å². The van der Waals surface area contributed by atoms with Gasteiger partial charge in [0, 0.05) is 5.69 Å². The lowest BCUT2D eigenvalue weighted by molar-refractivity contribution is 0.201. The van der Waals surface area contributed by atoms with Crippen molar-refractivity contribution in [2.24, 2.45) is 0 Å². The number of carboxylic acid groups (broad SMARTS) is 1. The molecular weight excluding hydrogens is 250 g/mol. The first-order valence-corrected chi connectivity index (χ1v) is 5.37. The van der Waals surface area contributed by atoms with Gasteiger partial charge in [-0.3, -0.25) is 4.90 Å². The first-order chi connectivity index (χ1) is 8.27. The molecule has 18 heavy (non-hydrogen) atoms. The molecule has 0 spiro atoms. The number of nitrogens with zero attached hydrogens (tertiary/aromatic N) is 1. The normalized spacial score (nSPS) is 9.33. The number of halogens is 1. The van der Waals surface area contributed by atoms with Crippen LogP contribution < -0.4 is 4.90 Å².